The van der Waals surface area contributed by atoms with E-state index < -0.39 is 0 Å². The first-order valence-corrected chi connectivity index (χ1v) is 5.52. The third-order valence-electron chi connectivity index (χ3n) is 3.12. The molecule has 3 heteroatoms. The van der Waals surface area contributed by atoms with Gasteiger partial charge >= 0.3 is 0 Å². The summed E-state index contributed by atoms with van der Waals surface area (Å²) in [6.45, 7) is 1.75. The van der Waals surface area contributed by atoms with Crippen molar-refractivity contribution >= 4 is 0 Å². The van der Waals surface area contributed by atoms with E-state index in [2.05, 4.69) is 11.4 Å². The van der Waals surface area contributed by atoms with E-state index in [1.165, 1.54) is 12.0 Å². The van der Waals surface area contributed by atoms with Crippen molar-refractivity contribution in [3.63, 3.8) is 0 Å². The fourth-order valence-electron chi connectivity index (χ4n) is 2.14. The topological polar surface area (TPSA) is 58.3 Å². The Morgan fingerprint density at radius 2 is 2.27 bits per heavy atom. The molecule has 15 heavy (non-hydrogen) atoms. The van der Waals surface area contributed by atoms with Crippen molar-refractivity contribution < 1.29 is 5.11 Å². The molecule has 1 aromatic carbocycles. The fourth-order valence-corrected chi connectivity index (χ4v) is 2.14. The molecule has 1 aliphatic heterocycles. The second-order valence-corrected chi connectivity index (χ2v) is 4.23. The van der Waals surface area contributed by atoms with Gasteiger partial charge in [0.15, 0.2) is 0 Å². The number of rotatable bonds is 2. The largest absolute Gasteiger partial charge is 0.508 e. The molecule has 1 aliphatic rings. The highest BCUT2D eigenvalue weighted by Crippen LogP contribution is 2.27. The molecule has 1 saturated heterocycles. The number of aromatic hydroxyl groups is 1. The highest BCUT2D eigenvalue weighted by atomic mass is 16.3. The fraction of sp³-hybridized carbons (Fsp3) is 0.500. The second-order valence-electron chi connectivity index (χ2n) is 4.23. The summed E-state index contributed by atoms with van der Waals surface area (Å²) < 4.78 is 0. The number of hydrogen-bond acceptors (Lipinski definition) is 3. The number of phenols is 1. The summed E-state index contributed by atoms with van der Waals surface area (Å²) in [4.78, 5) is 0. The molecule has 0 aromatic heterocycles. The Balaban J connectivity index is 2.01. The maximum Gasteiger partial charge on any atom is 0.115 e. The van der Waals surface area contributed by atoms with E-state index in [1.54, 1.807) is 6.07 Å². The van der Waals surface area contributed by atoms with Crippen LogP contribution >= 0.6 is 0 Å². The molecule has 0 amide bonds. The molecular weight excluding hydrogens is 188 g/mol. The Labute approximate surface area is 90.3 Å². The van der Waals surface area contributed by atoms with Crippen LogP contribution in [0.15, 0.2) is 24.3 Å². The molecule has 2 atom stereocenters. The SMILES string of the molecule is NCC1CCC(c2cccc(O)c2)NC1. The molecule has 0 saturated carbocycles. The Hall–Kier alpha value is -1.06. The van der Waals surface area contributed by atoms with Gasteiger partial charge in [0.2, 0.25) is 0 Å². The first kappa shape index (κ1) is 10.5. The highest BCUT2D eigenvalue weighted by molar-refractivity contribution is 5.29. The summed E-state index contributed by atoms with van der Waals surface area (Å²) in [5.74, 6) is 0.953. The van der Waals surface area contributed by atoms with Gasteiger partial charge in [-0.15, -0.1) is 0 Å². The van der Waals surface area contributed by atoms with Crippen LogP contribution in [0, 0.1) is 5.92 Å². The summed E-state index contributed by atoms with van der Waals surface area (Å²) in [7, 11) is 0. The van der Waals surface area contributed by atoms with Crippen LogP contribution in [0.25, 0.3) is 0 Å². The van der Waals surface area contributed by atoms with Crippen molar-refractivity contribution in [1.82, 2.24) is 5.32 Å². The molecule has 2 rings (SSSR count). The first-order chi connectivity index (χ1) is 7.29. The second kappa shape index (κ2) is 4.64. The van der Waals surface area contributed by atoms with E-state index >= 15 is 0 Å². The Kier molecular flexibility index (Phi) is 3.23. The average Bonchev–Trinajstić information content (AvgIpc) is 2.29. The van der Waals surface area contributed by atoms with Crippen molar-refractivity contribution in [2.45, 2.75) is 18.9 Å². The average molecular weight is 206 g/mol. The molecule has 1 heterocycles. The molecule has 0 spiro atoms. The minimum absolute atomic E-state index is 0.343. The predicted molar refractivity (Wildman–Crippen MR) is 60.6 cm³/mol. The zero-order chi connectivity index (χ0) is 10.7. The van der Waals surface area contributed by atoms with Crippen molar-refractivity contribution in [3.05, 3.63) is 29.8 Å². The molecule has 0 aliphatic carbocycles. The minimum atomic E-state index is 0.343. The lowest BCUT2D eigenvalue weighted by atomic mass is 9.91. The normalized spacial score (nSPS) is 26.5. The molecular formula is C12H18N2O. The van der Waals surface area contributed by atoms with Gasteiger partial charge < -0.3 is 16.2 Å². The van der Waals surface area contributed by atoms with Crippen LogP contribution in [-0.2, 0) is 0 Å². The third kappa shape index (κ3) is 2.49. The molecule has 82 valence electrons. The zero-order valence-electron chi connectivity index (χ0n) is 8.82. The minimum Gasteiger partial charge on any atom is -0.508 e. The van der Waals surface area contributed by atoms with Crippen LogP contribution in [0.2, 0.25) is 0 Å². The predicted octanol–water partition coefficient (Wildman–Crippen LogP) is 1.39. The van der Waals surface area contributed by atoms with E-state index in [9.17, 15) is 5.11 Å². The summed E-state index contributed by atoms with van der Waals surface area (Å²) in [5, 5.41) is 12.9. The number of piperidine rings is 1. The Bertz CT molecular complexity index is 319. The molecule has 0 radical (unpaired) electrons. The quantitative estimate of drug-likeness (QED) is 0.685. The smallest absolute Gasteiger partial charge is 0.115 e. The van der Waals surface area contributed by atoms with Crippen molar-refractivity contribution in [1.29, 1.82) is 0 Å². The van der Waals surface area contributed by atoms with Crippen molar-refractivity contribution in [2.24, 2.45) is 11.7 Å². The lowest BCUT2D eigenvalue weighted by Crippen LogP contribution is -2.36. The summed E-state index contributed by atoms with van der Waals surface area (Å²) >= 11 is 0. The summed E-state index contributed by atoms with van der Waals surface area (Å²) in [5.41, 5.74) is 6.80. The van der Waals surface area contributed by atoms with Gasteiger partial charge in [0, 0.05) is 6.04 Å². The van der Waals surface area contributed by atoms with Crippen LogP contribution in [-0.4, -0.2) is 18.2 Å². The number of phenolic OH excluding ortho intramolecular Hbond substituents is 1. The molecule has 4 N–H and O–H groups in total. The summed E-state index contributed by atoms with van der Waals surface area (Å²) in [6.07, 6.45) is 2.27. The lowest BCUT2D eigenvalue weighted by molar-refractivity contribution is 0.319. The van der Waals surface area contributed by atoms with Gasteiger partial charge in [-0.05, 0) is 49.5 Å². The Morgan fingerprint density at radius 1 is 1.40 bits per heavy atom. The maximum atomic E-state index is 9.39. The third-order valence-corrected chi connectivity index (χ3v) is 3.12. The van der Waals surface area contributed by atoms with E-state index in [-0.39, 0.29) is 0 Å². The van der Waals surface area contributed by atoms with E-state index in [0.29, 0.717) is 17.7 Å². The van der Waals surface area contributed by atoms with Crippen molar-refractivity contribution in [3.8, 4) is 5.75 Å². The van der Waals surface area contributed by atoms with Crippen LogP contribution in [0.1, 0.15) is 24.4 Å². The standard InChI is InChI=1S/C12H18N2O/c13-7-9-4-5-12(14-8-9)10-2-1-3-11(15)6-10/h1-3,6,9,12,14-15H,4-5,7-8,13H2. The van der Waals surface area contributed by atoms with Gasteiger partial charge in [0.25, 0.3) is 0 Å². The molecule has 2 unspecified atom stereocenters. The molecule has 1 aromatic rings. The van der Waals surface area contributed by atoms with Gasteiger partial charge in [-0.3, -0.25) is 0 Å². The lowest BCUT2D eigenvalue weighted by Gasteiger charge is -2.29. The number of hydrogen-bond donors (Lipinski definition) is 3. The van der Waals surface area contributed by atoms with E-state index in [4.69, 9.17) is 5.73 Å². The van der Waals surface area contributed by atoms with Crippen LogP contribution in [0.3, 0.4) is 0 Å². The molecule has 3 nitrogen and oxygen atoms in total. The van der Waals surface area contributed by atoms with Crippen LogP contribution < -0.4 is 11.1 Å². The molecule has 0 bridgehead atoms. The van der Waals surface area contributed by atoms with Crippen molar-refractivity contribution in [2.75, 3.05) is 13.1 Å². The van der Waals surface area contributed by atoms with Gasteiger partial charge in [0.1, 0.15) is 5.75 Å². The summed E-state index contributed by atoms with van der Waals surface area (Å²) in [6, 6.07) is 7.86. The highest BCUT2D eigenvalue weighted by Gasteiger charge is 2.20. The van der Waals surface area contributed by atoms with Gasteiger partial charge in [-0.1, -0.05) is 12.1 Å². The maximum absolute atomic E-state index is 9.39. The van der Waals surface area contributed by atoms with E-state index in [0.717, 1.165) is 19.5 Å². The zero-order valence-corrected chi connectivity index (χ0v) is 8.82. The van der Waals surface area contributed by atoms with Gasteiger partial charge in [0.05, 0.1) is 0 Å². The number of benzene rings is 1. The molecule has 1 fully saturated rings. The number of nitrogens with one attached hydrogen (secondary N) is 1. The van der Waals surface area contributed by atoms with Crippen LogP contribution in [0.4, 0.5) is 0 Å². The number of nitrogens with two attached hydrogens (primary N) is 1. The van der Waals surface area contributed by atoms with E-state index in [1.807, 2.05) is 12.1 Å². The van der Waals surface area contributed by atoms with Gasteiger partial charge in [-0.25, -0.2) is 0 Å². The van der Waals surface area contributed by atoms with Crippen LogP contribution in [0.5, 0.6) is 5.75 Å². The van der Waals surface area contributed by atoms with Gasteiger partial charge in [-0.2, -0.15) is 0 Å². The first-order valence-electron chi connectivity index (χ1n) is 5.52. The monoisotopic (exact) mass is 206 g/mol. The Morgan fingerprint density at radius 3 is 2.87 bits per heavy atom.